The minimum atomic E-state index is 0.973. The molecule has 1 atom stereocenters. The van der Waals surface area contributed by atoms with Crippen LogP contribution in [-0.2, 0) is 0 Å². The molecule has 11 heavy (non-hydrogen) atoms. The minimum Gasteiger partial charge on any atom is -0.303 e. The smallest absolute Gasteiger partial charge is 0.00344 e. The summed E-state index contributed by atoms with van der Waals surface area (Å²) in [5.41, 5.74) is 0. The van der Waals surface area contributed by atoms with Crippen molar-refractivity contribution in [3.8, 4) is 0 Å². The molecule has 0 spiro atoms. The second-order valence-electron chi connectivity index (χ2n) is 3.43. The van der Waals surface area contributed by atoms with Crippen molar-refractivity contribution in [2.75, 3.05) is 25.0 Å². The van der Waals surface area contributed by atoms with E-state index in [1.165, 1.54) is 44.2 Å². The fourth-order valence-corrected chi connectivity index (χ4v) is 2.47. The number of halogens is 1. The van der Waals surface area contributed by atoms with Crippen LogP contribution in [0, 0.1) is 5.92 Å². The van der Waals surface area contributed by atoms with Gasteiger partial charge < -0.3 is 4.90 Å². The Balaban J connectivity index is 2.12. The molecule has 1 aliphatic rings. The minimum absolute atomic E-state index is 0.973. The first-order valence-corrected chi connectivity index (χ1v) is 5.77. The van der Waals surface area contributed by atoms with Crippen LogP contribution in [0.2, 0.25) is 0 Å². The Morgan fingerprint density at radius 3 is 3.00 bits per heavy atom. The number of hydrogen-bond donors (Lipinski definition) is 0. The van der Waals surface area contributed by atoms with E-state index in [1.807, 2.05) is 0 Å². The molecule has 0 N–H and O–H groups in total. The molecule has 0 bridgehead atoms. The molecule has 1 saturated heterocycles. The van der Waals surface area contributed by atoms with Gasteiger partial charge in [-0.2, -0.15) is 0 Å². The van der Waals surface area contributed by atoms with Gasteiger partial charge in [0.25, 0.3) is 0 Å². The number of hydrogen-bond acceptors (Lipinski definition) is 1. The van der Waals surface area contributed by atoms with E-state index < -0.39 is 0 Å². The zero-order valence-corrected chi connectivity index (χ0v) is 8.94. The van der Waals surface area contributed by atoms with Crippen molar-refractivity contribution in [1.82, 2.24) is 4.90 Å². The van der Waals surface area contributed by atoms with Crippen LogP contribution < -0.4 is 0 Å². The number of nitrogens with zero attached hydrogens (tertiary/aromatic N) is 1. The van der Waals surface area contributed by atoms with Gasteiger partial charge in [0.05, 0.1) is 0 Å². The number of alkyl halides is 1. The lowest BCUT2D eigenvalue weighted by Gasteiger charge is -2.13. The average Bonchev–Trinajstić information content (AvgIpc) is 2.38. The van der Waals surface area contributed by atoms with Crippen LogP contribution in [0.5, 0.6) is 0 Å². The molecule has 1 unspecified atom stereocenters. The summed E-state index contributed by atoms with van der Waals surface area (Å²) in [6.45, 7) is 6.25. The summed E-state index contributed by atoms with van der Waals surface area (Å²) >= 11 is 3.50. The van der Waals surface area contributed by atoms with Crippen molar-refractivity contribution in [1.29, 1.82) is 0 Å². The first kappa shape index (κ1) is 9.53. The van der Waals surface area contributed by atoms with Crippen LogP contribution in [0.15, 0.2) is 0 Å². The Morgan fingerprint density at radius 1 is 1.55 bits per heavy atom. The molecular formula is C9H18BrN. The first-order valence-electron chi connectivity index (χ1n) is 4.65. The predicted molar refractivity (Wildman–Crippen MR) is 53.2 cm³/mol. The van der Waals surface area contributed by atoms with Crippen molar-refractivity contribution in [3.63, 3.8) is 0 Å². The van der Waals surface area contributed by atoms with E-state index in [0.29, 0.717) is 0 Å². The maximum Gasteiger partial charge on any atom is 0.00344 e. The van der Waals surface area contributed by atoms with Crippen LogP contribution in [0.4, 0.5) is 0 Å². The molecule has 1 fully saturated rings. The van der Waals surface area contributed by atoms with Gasteiger partial charge in [0, 0.05) is 11.9 Å². The fraction of sp³-hybridized carbons (Fsp3) is 1.00. The molecule has 0 aliphatic carbocycles. The van der Waals surface area contributed by atoms with Gasteiger partial charge in [-0.15, -0.1) is 0 Å². The second kappa shape index (κ2) is 5.15. The van der Waals surface area contributed by atoms with Gasteiger partial charge >= 0.3 is 0 Å². The summed E-state index contributed by atoms with van der Waals surface area (Å²) in [5, 5.41) is 1.18. The van der Waals surface area contributed by atoms with Crippen LogP contribution in [-0.4, -0.2) is 29.9 Å². The molecule has 0 amide bonds. The van der Waals surface area contributed by atoms with E-state index in [-0.39, 0.29) is 0 Å². The molecule has 1 heterocycles. The van der Waals surface area contributed by atoms with Gasteiger partial charge in [0.15, 0.2) is 0 Å². The predicted octanol–water partition coefficient (Wildman–Crippen LogP) is 2.50. The number of rotatable bonds is 4. The molecule has 1 aliphatic heterocycles. The summed E-state index contributed by atoms with van der Waals surface area (Å²) in [6.07, 6.45) is 4.09. The average molecular weight is 220 g/mol. The summed E-state index contributed by atoms with van der Waals surface area (Å²) in [4.78, 5) is 2.59. The second-order valence-corrected chi connectivity index (χ2v) is 4.23. The summed E-state index contributed by atoms with van der Waals surface area (Å²) < 4.78 is 0. The lowest BCUT2D eigenvalue weighted by molar-refractivity contribution is 0.324. The topological polar surface area (TPSA) is 3.24 Å². The zero-order chi connectivity index (χ0) is 8.10. The van der Waals surface area contributed by atoms with E-state index in [1.54, 1.807) is 0 Å². The van der Waals surface area contributed by atoms with Crippen LogP contribution in [0.25, 0.3) is 0 Å². The molecule has 66 valence electrons. The fourth-order valence-electron chi connectivity index (χ4n) is 1.82. The zero-order valence-electron chi connectivity index (χ0n) is 7.35. The van der Waals surface area contributed by atoms with Crippen molar-refractivity contribution < 1.29 is 0 Å². The van der Waals surface area contributed by atoms with Crippen LogP contribution in [0.1, 0.15) is 26.2 Å². The largest absolute Gasteiger partial charge is 0.303 e. The Bertz CT molecular complexity index is 93.7. The van der Waals surface area contributed by atoms with E-state index in [4.69, 9.17) is 0 Å². The first-order chi connectivity index (χ1) is 5.36. The Kier molecular flexibility index (Phi) is 4.46. The standard InChI is InChI=1S/C9H18BrN/c1-2-6-11-7-4-9(8-11)3-5-10/h9H,2-8H2,1H3. The van der Waals surface area contributed by atoms with E-state index in [0.717, 1.165) is 5.92 Å². The molecular weight excluding hydrogens is 202 g/mol. The Hall–Kier alpha value is 0.440. The van der Waals surface area contributed by atoms with Crippen LogP contribution in [0.3, 0.4) is 0 Å². The normalized spacial score (nSPS) is 26.2. The lowest BCUT2D eigenvalue weighted by Crippen LogP contribution is -2.21. The van der Waals surface area contributed by atoms with Crippen molar-refractivity contribution >= 4 is 15.9 Å². The highest BCUT2D eigenvalue weighted by Crippen LogP contribution is 2.19. The highest BCUT2D eigenvalue weighted by Gasteiger charge is 2.20. The molecule has 0 aromatic rings. The van der Waals surface area contributed by atoms with E-state index >= 15 is 0 Å². The Labute approximate surface area is 78.3 Å². The van der Waals surface area contributed by atoms with Gasteiger partial charge in [0.2, 0.25) is 0 Å². The van der Waals surface area contributed by atoms with Crippen LogP contribution >= 0.6 is 15.9 Å². The van der Waals surface area contributed by atoms with Crippen molar-refractivity contribution in [2.24, 2.45) is 5.92 Å². The van der Waals surface area contributed by atoms with E-state index in [9.17, 15) is 0 Å². The summed E-state index contributed by atoms with van der Waals surface area (Å²) in [5.74, 6) is 0.973. The third-order valence-electron chi connectivity index (χ3n) is 2.43. The highest BCUT2D eigenvalue weighted by atomic mass is 79.9. The maximum atomic E-state index is 3.50. The monoisotopic (exact) mass is 219 g/mol. The SMILES string of the molecule is CCCN1CCC(CCBr)C1. The highest BCUT2D eigenvalue weighted by molar-refractivity contribution is 9.09. The number of likely N-dealkylation sites (tertiary alicyclic amines) is 1. The molecule has 0 aromatic heterocycles. The summed E-state index contributed by atoms with van der Waals surface area (Å²) in [7, 11) is 0. The third kappa shape index (κ3) is 3.12. The molecule has 0 aromatic carbocycles. The molecule has 0 saturated carbocycles. The van der Waals surface area contributed by atoms with E-state index in [2.05, 4.69) is 27.8 Å². The van der Waals surface area contributed by atoms with Crippen molar-refractivity contribution in [3.05, 3.63) is 0 Å². The summed E-state index contributed by atoms with van der Waals surface area (Å²) in [6, 6.07) is 0. The van der Waals surface area contributed by atoms with Gasteiger partial charge in [-0.1, -0.05) is 22.9 Å². The maximum absolute atomic E-state index is 3.50. The lowest BCUT2D eigenvalue weighted by atomic mass is 10.1. The van der Waals surface area contributed by atoms with Gasteiger partial charge in [0.1, 0.15) is 0 Å². The quantitative estimate of drug-likeness (QED) is 0.658. The third-order valence-corrected chi connectivity index (χ3v) is 2.89. The molecule has 1 rings (SSSR count). The Morgan fingerprint density at radius 2 is 2.36 bits per heavy atom. The molecule has 2 heteroatoms. The van der Waals surface area contributed by atoms with Crippen molar-refractivity contribution in [2.45, 2.75) is 26.2 Å². The van der Waals surface area contributed by atoms with Gasteiger partial charge in [-0.25, -0.2) is 0 Å². The van der Waals surface area contributed by atoms with Gasteiger partial charge in [-0.3, -0.25) is 0 Å². The van der Waals surface area contributed by atoms with Gasteiger partial charge in [-0.05, 0) is 38.3 Å². The molecule has 1 nitrogen and oxygen atoms in total. The molecule has 0 radical (unpaired) electrons.